The van der Waals surface area contributed by atoms with Crippen LogP contribution < -0.4 is 11.3 Å². The fourth-order valence-electron chi connectivity index (χ4n) is 1.68. The number of nitrogens with one attached hydrogen (secondary N) is 1. The summed E-state index contributed by atoms with van der Waals surface area (Å²) in [6, 6.07) is 8.10. The molecule has 1 aromatic carbocycles. The molecule has 0 aliphatic heterocycles. The Morgan fingerprint density at radius 3 is 2.53 bits per heavy atom. The van der Waals surface area contributed by atoms with Gasteiger partial charge in [-0.15, -0.1) is 0 Å². The summed E-state index contributed by atoms with van der Waals surface area (Å²) in [5.41, 5.74) is 6.71. The van der Waals surface area contributed by atoms with Crippen molar-refractivity contribution in [2.45, 2.75) is 20.8 Å². The first-order valence-corrected chi connectivity index (χ1v) is 5.50. The summed E-state index contributed by atoms with van der Waals surface area (Å²) >= 11 is 0. The van der Waals surface area contributed by atoms with Crippen LogP contribution in [0.2, 0.25) is 0 Å². The van der Waals surface area contributed by atoms with Crippen molar-refractivity contribution in [2.75, 3.05) is 5.43 Å². The third-order valence-electron chi connectivity index (χ3n) is 2.80. The average Bonchev–Trinajstić information content (AvgIpc) is 2.32. The van der Waals surface area contributed by atoms with Gasteiger partial charge in [0, 0.05) is 16.8 Å². The largest absolute Gasteiger partial charge is 0.308 e. The van der Waals surface area contributed by atoms with Crippen LogP contribution in [0.15, 0.2) is 24.3 Å². The van der Waals surface area contributed by atoms with E-state index in [9.17, 15) is 0 Å². The fraction of sp³-hybridized carbons (Fsp3) is 0.231. The van der Waals surface area contributed by atoms with Crippen molar-refractivity contribution >= 4 is 5.82 Å². The molecular formula is C13H16N4. The maximum atomic E-state index is 5.46. The van der Waals surface area contributed by atoms with Crippen LogP contribution in [-0.4, -0.2) is 9.97 Å². The standard InChI is InChI=1S/C13H16N4/c1-8-5-4-6-11(7-8)13-15-10(3)9(2)12(16-13)17-14/h4-7H,14H2,1-3H3,(H,15,16,17). The lowest BCUT2D eigenvalue weighted by Gasteiger charge is -2.09. The monoisotopic (exact) mass is 228 g/mol. The molecule has 0 saturated heterocycles. The van der Waals surface area contributed by atoms with Gasteiger partial charge in [-0.25, -0.2) is 15.8 Å². The van der Waals surface area contributed by atoms with Crippen molar-refractivity contribution in [2.24, 2.45) is 5.84 Å². The van der Waals surface area contributed by atoms with Crippen LogP contribution in [-0.2, 0) is 0 Å². The lowest BCUT2D eigenvalue weighted by Crippen LogP contribution is -2.12. The van der Waals surface area contributed by atoms with E-state index >= 15 is 0 Å². The number of aromatic nitrogens is 2. The molecule has 0 fully saturated rings. The SMILES string of the molecule is Cc1cccc(-c2nc(C)c(C)c(NN)n2)c1. The summed E-state index contributed by atoms with van der Waals surface area (Å²) in [6.07, 6.45) is 0. The summed E-state index contributed by atoms with van der Waals surface area (Å²) in [6.45, 7) is 5.95. The summed E-state index contributed by atoms with van der Waals surface area (Å²) in [5, 5.41) is 0. The molecule has 2 aromatic rings. The Morgan fingerprint density at radius 2 is 1.88 bits per heavy atom. The van der Waals surface area contributed by atoms with Gasteiger partial charge in [-0.05, 0) is 26.8 Å². The number of rotatable bonds is 2. The Morgan fingerprint density at radius 1 is 1.12 bits per heavy atom. The topological polar surface area (TPSA) is 63.8 Å². The number of anilines is 1. The highest BCUT2D eigenvalue weighted by Gasteiger charge is 2.08. The van der Waals surface area contributed by atoms with E-state index in [1.165, 1.54) is 5.56 Å². The summed E-state index contributed by atoms with van der Waals surface area (Å²) in [5.74, 6) is 6.83. The molecule has 0 amide bonds. The minimum absolute atomic E-state index is 0.675. The Kier molecular flexibility index (Phi) is 3.06. The van der Waals surface area contributed by atoms with Crippen LogP contribution in [0.5, 0.6) is 0 Å². The lowest BCUT2D eigenvalue weighted by molar-refractivity contribution is 1.06. The van der Waals surface area contributed by atoms with E-state index in [1.54, 1.807) is 0 Å². The predicted octanol–water partition coefficient (Wildman–Crippen LogP) is 2.35. The molecule has 88 valence electrons. The Balaban J connectivity index is 2.56. The number of nitrogens with two attached hydrogens (primary N) is 1. The van der Waals surface area contributed by atoms with E-state index in [4.69, 9.17) is 5.84 Å². The Hall–Kier alpha value is -1.94. The zero-order chi connectivity index (χ0) is 12.4. The number of hydrazine groups is 1. The van der Waals surface area contributed by atoms with Gasteiger partial charge in [0.05, 0.1) is 0 Å². The van der Waals surface area contributed by atoms with Crippen LogP contribution in [0.4, 0.5) is 5.82 Å². The minimum atomic E-state index is 0.675. The number of hydrogen-bond donors (Lipinski definition) is 2. The second kappa shape index (κ2) is 4.51. The lowest BCUT2D eigenvalue weighted by atomic mass is 10.1. The Bertz CT molecular complexity index is 549. The van der Waals surface area contributed by atoms with E-state index < -0.39 is 0 Å². The molecule has 3 N–H and O–H groups in total. The zero-order valence-electron chi connectivity index (χ0n) is 10.3. The molecule has 0 unspecified atom stereocenters. The van der Waals surface area contributed by atoms with Crippen LogP contribution in [0.25, 0.3) is 11.4 Å². The molecule has 17 heavy (non-hydrogen) atoms. The first-order valence-electron chi connectivity index (χ1n) is 5.50. The van der Waals surface area contributed by atoms with Crippen molar-refractivity contribution in [1.29, 1.82) is 0 Å². The summed E-state index contributed by atoms with van der Waals surface area (Å²) in [4.78, 5) is 8.90. The second-order valence-corrected chi connectivity index (χ2v) is 4.12. The molecule has 4 heteroatoms. The van der Waals surface area contributed by atoms with Gasteiger partial charge in [0.15, 0.2) is 5.82 Å². The Labute approximate surface area is 101 Å². The van der Waals surface area contributed by atoms with E-state index in [0.29, 0.717) is 11.6 Å². The smallest absolute Gasteiger partial charge is 0.161 e. The van der Waals surface area contributed by atoms with Crippen LogP contribution >= 0.6 is 0 Å². The maximum Gasteiger partial charge on any atom is 0.161 e. The number of nitrogen functional groups attached to an aromatic ring is 1. The highest BCUT2D eigenvalue weighted by molar-refractivity contribution is 5.60. The van der Waals surface area contributed by atoms with Gasteiger partial charge in [-0.2, -0.15) is 0 Å². The van der Waals surface area contributed by atoms with Gasteiger partial charge in [0.1, 0.15) is 5.82 Å². The van der Waals surface area contributed by atoms with Crippen LogP contribution in [0.3, 0.4) is 0 Å². The van der Waals surface area contributed by atoms with E-state index in [1.807, 2.05) is 39.0 Å². The molecule has 0 aliphatic carbocycles. The quantitative estimate of drug-likeness (QED) is 0.611. The molecule has 2 rings (SSSR count). The van der Waals surface area contributed by atoms with E-state index in [-0.39, 0.29) is 0 Å². The summed E-state index contributed by atoms with van der Waals surface area (Å²) < 4.78 is 0. The number of hydrogen-bond acceptors (Lipinski definition) is 4. The van der Waals surface area contributed by atoms with Crippen molar-refractivity contribution < 1.29 is 0 Å². The van der Waals surface area contributed by atoms with E-state index in [2.05, 4.69) is 21.5 Å². The van der Waals surface area contributed by atoms with Gasteiger partial charge in [-0.1, -0.05) is 23.8 Å². The molecular weight excluding hydrogens is 212 g/mol. The third-order valence-corrected chi connectivity index (χ3v) is 2.80. The van der Waals surface area contributed by atoms with Gasteiger partial charge in [-0.3, -0.25) is 0 Å². The molecule has 1 aromatic heterocycles. The molecule has 0 atom stereocenters. The molecule has 0 radical (unpaired) electrons. The highest BCUT2D eigenvalue weighted by atomic mass is 15.3. The van der Waals surface area contributed by atoms with Crippen molar-refractivity contribution in [3.05, 3.63) is 41.1 Å². The van der Waals surface area contributed by atoms with Gasteiger partial charge < -0.3 is 5.43 Å². The first-order chi connectivity index (χ1) is 8.11. The number of benzene rings is 1. The van der Waals surface area contributed by atoms with Crippen molar-refractivity contribution in [3.63, 3.8) is 0 Å². The summed E-state index contributed by atoms with van der Waals surface area (Å²) in [7, 11) is 0. The number of aryl methyl sites for hydroxylation is 2. The zero-order valence-corrected chi connectivity index (χ0v) is 10.3. The molecule has 0 bridgehead atoms. The second-order valence-electron chi connectivity index (χ2n) is 4.12. The van der Waals surface area contributed by atoms with Crippen molar-refractivity contribution in [3.8, 4) is 11.4 Å². The van der Waals surface area contributed by atoms with Gasteiger partial charge in [0.25, 0.3) is 0 Å². The highest BCUT2D eigenvalue weighted by Crippen LogP contribution is 2.21. The maximum absolute atomic E-state index is 5.46. The molecule has 0 saturated carbocycles. The molecule has 4 nitrogen and oxygen atoms in total. The fourth-order valence-corrected chi connectivity index (χ4v) is 1.68. The van der Waals surface area contributed by atoms with Crippen LogP contribution in [0.1, 0.15) is 16.8 Å². The number of nitrogens with zero attached hydrogens (tertiary/aromatic N) is 2. The van der Waals surface area contributed by atoms with Crippen molar-refractivity contribution in [1.82, 2.24) is 9.97 Å². The minimum Gasteiger partial charge on any atom is -0.308 e. The predicted molar refractivity (Wildman–Crippen MR) is 69.5 cm³/mol. The molecule has 0 aliphatic rings. The van der Waals surface area contributed by atoms with E-state index in [0.717, 1.165) is 16.8 Å². The molecule has 1 heterocycles. The third kappa shape index (κ3) is 2.26. The van der Waals surface area contributed by atoms with Gasteiger partial charge >= 0.3 is 0 Å². The average molecular weight is 228 g/mol. The van der Waals surface area contributed by atoms with Gasteiger partial charge in [0.2, 0.25) is 0 Å². The van der Waals surface area contributed by atoms with Crippen LogP contribution in [0, 0.1) is 20.8 Å². The molecule has 0 spiro atoms. The first kappa shape index (κ1) is 11.5. The normalized spacial score (nSPS) is 10.4.